The van der Waals surface area contributed by atoms with E-state index in [1.165, 1.54) is 47.5 Å². The molecule has 0 bridgehead atoms. The normalized spacial score (nSPS) is 11.0. The summed E-state index contributed by atoms with van der Waals surface area (Å²) in [5.41, 5.74) is 2.59. The molecule has 222 valence electrons. The molecule has 0 aromatic heterocycles. The lowest BCUT2D eigenvalue weighted by molar-refractivity contribution is -0.884. The average molecular weight is 591 g/mol. The number of carboxylic acids is 2. The summed E-state index contributed by atoms with van der Waals surface area (Å²) in [5.74, 6) is -2.41. The maximum atomic E-state index is 12.5. The van der Waals surface area contributed by atoms with Crippen LogP contribution in [0.1, 0.15) is 31.8 Å². The van der Waals surface area contributed by atoms with Gasteiger partial charge in [0.25, 0.3) is 0 Å². The van der Waals surface area contributed by atoms with E-state index >= 15 is 0 Å². The zero-order valence-electron chi connectivity index (χ0n) is 25.2. The van der Waals surface area contributed by atoms with E-state index in [2.05, 4.69) is 103 Å². The van der Waals surface area contributed by atoms with Crippen LogP contribution >= 0.6 is 0 Å². The highest BCUT2D eigenvalue weighted by Crippen LogP contribution is 2.23. The average Bonchev–Trinajstić information content (AvgIpc) is 2.92. The lowest BCUT2D eigenvalue weighted by Crippen LogP contribution is -2.33. The van der Waals surface area contributed by atoms with Gasteiger partial charge in [0.15, 0.2) is 0 Å². The molecule has 0 spiro atoms. The molecular formula is C34H42N2O5S+2. The van der Waals surface area contributed by atoms with E-state index in [1.54, 1.807) is 12.1 Å². The zero-order valence-corrected chi connectivity index (χ0v) is 26.0. The first-order valence-electron chi connectivity index (χ1n) is 13.4. The molecule has 0 unspecified atom stereocenters. The molecular weight excluding hydrogens is 548 g/mol. The fourth-order valence-electron chi connectivity index (χ4n) is 3.99. The van der Waals surface area contributed by atoms with Crippen LogP contribution in [0.3, 0.4) is 0 Å². The predicted molar refractivity (Wildman–Crippen MR) is 168 cm³/mol. The minimum absolute atomic E-state index is 0.0775. The van der Waals surface area contributed by atoms with Crippen molar-refractivity contribution < 1.29 is 33.0 Å². The summed E-state index contributed by atoms with van der Waals surface area (Å²) in [5, 5.41) is 18.2. The van der Waals surface area contributed by atoms with E-state index in [1.807, 2.05) is 0 Å². The summed E-state index contributed by atoms with van der Waals surface area (Å²) in [6, 6.07) is 32.8. The number of carbonyl (C=O) groups is 2. The zero-order chi connectivity index (χ0) is 31.3. The molecule has 0 aliphatic rings. The van der Waals surface area contributed by atoms with Gasteiger partial charge < -0.3 is 19.2 Å². The molecule has 2 N–H and O–H groups in total. The van der Waals surface area contributed by atoms with Gasteiger partial charge in [-0.15, -0.1) is 0 Å². The van der Waals surface area contributed by atoms with E-state index in [-0.39, 0.29) is 20.9 Å². The van der Waals surface area contributed by atoms with Crippen LogP contribution in [0.5, 0.6) is 0 Å². The van der Waals surface area contributed by atoms with Gasteiger partial charge in [0.05, 0.1) is 74.0 Å². The van der Waals surface area contributed by atoms with Gasteiger partial charge in [0.1, 0.15) is 13.1 Å². The Hall–Kier alpha value is -4.11. The summed E-state index contributed by atoms with van der Waals surface area (Å²) in [6.07, 6.45) is 0. The van der Waals surface area contributed by atoms with Gasteiger partial charge in [-0.3, -0.25) is 0 Å². The molecule has 0 atom stereocenters. The van der Waals surface area contributed by atoms with Crippen molar-refractivity contribution in [2.45, 2.75) is 22.9 Å². The van der Waals surface area contributed by atoms with Gasteiger partial charge in [-0.2, -0.15) is 0 Å². The molecule has 0 saturated carbocycles. The smallest absolute Gasteiger partial charge is 0.336 e. The first kappa shape index (κ1) is 34.1. The maximum absolute atomic E-state index is 12.5. The van der Waals surface area contributed by atoms with Crippen LogP contribution in [0.2, 0.25) is 0 Å². The Balaban J connectivity index is 0.000000239. The predicted octanol–water partition coefficient (Wildman–Crippen LogP) is 6.04. The number of nitrogens with zero attached hydrogens (tertiary/aromatic N) is 2. The van der Waals surface area contributed by atoms with Crippen molar-refractivity contribution in [1.29, 1.82) is 0 Å². The Morgan fingerprint density at radius 2 is 0.810 bits per heavy atom. The van der Waals surface area contributed by atoms with Crippen molar-refractivity contribution in [3.63, 3.8) is 0 Å². The first-order chi connectivity index (χ1) is 19.7. The molecule has 0 radical (unpaired) electrons. The molecule has 42 heavy (non-hydrogen) atoms. The van der Waals surface area contributed by atoms with E-state index in [0.717, 1.165) is 22.1 Å². The number of quaternary nitrogens is 2. The van der Waals surface area contributed by atoms with Gasteiger partial charge >= 0.3 is 11.9 Å². The third-order valence-electron chi connectivity index (χ3n) is 5.63. The number of aromatic carboxylic acids is 2. The first-order valence-corrected chi connectivity index (χ1v) is 14.6. The van der Waals surface area contributed by atoms with Gasteiger partial charge in [0.2, 0.25) is 0 Å². The second-order valence-corrected chi connectivity index (χ2v) is 13.2. The summed E-state index contributed by atoms with van der Waals surface area (Å²) >= 11 is 0. The molecule has 0 aliphatic carbocycles. The van der Waals surface area contributed by atoms with Gasteiger partial charge in [-0.1, -0.05) is 84.9 Å². The maximum Gasteiger partial charge on any atom is 0.336 e. The van der Waals surface area contributed by atoms with E-state index in [0.29, 0.717) is 0 Å². The topological polar surface area (TPSA) is 91.7 Å². The molecule has 0 saturated heterocycles. The Morgan fingerprint density at radius 1 is 0.524 bits per heavy atom. The highest BCUT2D eigenvalue weighted by atomic mass is 32.2. The van der Waals surface area contributed by atoms with Crippen molar-refractivity contribution >= 4 is 22.7 Å². The van der Waals surface area contributed by atoms with Gasteiger partial charge in [-0.25, -0.2) is 13.8 Å². The van der Waals surface area contributed by atoms with Crippen LogP contribution < -0.4 is 0 Å². The standard InChI is InChI=1S/C14H10O5S.2C10H16N/c15-13(16)9-5-1-3-7-11(9)20(19)12-8-4-2-6-10(12)14(17)18;2*1-11(2,3)9-10-7-5-4-6-8-10/h1-8H,(H,15,16)(H,17,18);2*4-8H,9H2,1-3H3/q;2*+1. The van der Waals surface area contributed by atoms with Gasteiger partial charge in [0, 0.05) is 11.1 Å². The van der Waals surface area contributed by atoms with Crippen molar-refractivity contribution in [2.24, 2.45) is 0 Å². The summed E-state index contributed by atoms with van der Waals surface area (Å²) in [7, 11) is 11.3. The minimum atomic E-state index is -1.87. The number of rotatable bonds is 8. The Bertz CT molecular complexity index is 1350. The van der Waals surface area contributed by atoms with Crippen LogP contribution in [0.15, 0.2) is 119 Å². The molecule has 4 rings (SSSR count). The SMILES string of the molecule is C[N+](C)(C)Cc1ccccc1.C[N+](C)(C)Cc1ccccc1.O=C(O)c1ccccc1S(=O)c1ccccc1C(=O)O. The third-order valence-corrected chi connectivity index (χ3v) is 7.14. The Morgan fingerprint density at radius 3 is 1.10 bits per heavy atom. The van der Waals surface area contributed by atoms with Crippen LogP contribution in [-0.2, 0) is 23.9 Å². The summed E-state index contributed by atoms with van der Waals surface area (Å²) in [6.45, 7) is 2.20. The highest BCUT2D eigenvalue weighted by Gasteiger charge is 2.20. The number of benzene rings is 4. The number of hydrogen-bond acceptors (Lipinski definition) is 3. The molecule has 7 nitrogen and oxygen atoms in total. The fourth-order valence-corrected chi connectivity index (χ4v) is 5.34. The van der Waals surface area contributed by atoms with E-state index in [4.69, 9.17) is 10.2 Å². The monoisotopic (exact) mass is 590 g/mol. The van der Waals surface area contributed by atoms with Crippen LogP contribution in [0, 0.1) is 0 Å². The quantitative estimate of drug-likeness (QED) is 0.244. The second-order valence-electron chi connectivity index (χ2n) is 11.7. The highest BCUT2D eigenvalue weighted by molar-refractivity contribution is 7.85. The van der Waals surface area contributed by atoms with Crippen molar-refractivity contribution in [1.82, 2.24) is 0 Å². The lowest BCUT2D eigenvalue weighted by atomic mass is 10.2. The third kappa shape index (κ3) is 12.2. The Kier molecular flexibility index (Phi) is 12.8. The molecule has 4 aromatic carbocycles. The van der Waals surface area contributed by atoms with Crippen LogP contribution in [0.25, 0.3) is 0 Å². The number of hydrogen-bond donors (Lipinski definition) is 2. The molecule has 0 amide bonds. The van der Waals surface area contributed by atoms with Crippen molar-refractivity contribution in [3.05, 3.63) is 131 Å². The van der Waals surface area contributed by atoms with Crippen LogP contribution in [0.4, 0.5) is 0 Å². The molecule has 0 fully saturated rings. The van der Waals surface area contributed by atoms with E-state index < -0.39 is 22.7 Å². The minimum Gasteiger partial charge on any atom is -0.478 e. The van der Waals surface area contributed by atoms with Crippen LogP contribution in [-0.4, -0.2) is 77.6 Å². The van der Waals surface area contributed by atoms with E-state index in [9.17, 15) is 13.8 Å². The second kappa shape index (κ2) is 15.8. The summed E-state index contributed by atoms with van der Waals surface area (Å²) in [4.78, 5) is 22.4. The molecule has 0 aliphatic heterocycles. The molecule has 8 heteroatoms. The van der Waals surface area contributed by atoms with Crippen molar-refractivity contribution in [2.75, 3.05) is 42.3 Å². The lowest BCUT2D eigenvalue weighted by Gasteiger charge is -2.23. The fraction of sp³-hybridized carbons (Fsp3) is 0.235. The molecule has 0 heterocycles. The van der Waals surface area contributed by atoms with Gasteiger partial charge in [-0.05, 0) is 24.3 Å². The Labute approximate surface area is 251 Å². The summed E-state index contributed by atoms with van der Waals surface area (Å²) < 4.78 is 14.5. The molecule has 4 aromatic rings. The largest absolute Gasteiger partial charge is 0.478 e. The van der Waals surface area contributed by atoms with Crippen molar-refractivity contribution in [3.8, 4) is 0 Å². The number of carboxylic acid groups (broad SMARTS) is 2.